The van der Waals surface area contributed by atoms with Crippen LogP contribution in [0.15, 0.2) is 53.4 Å². The summed E-state index contributed by atoms with van der Waals surface area (Å²) in [5.41, 5.74) is 2.11. The Balaban J connectivity index is 1.66. The number of nitrogens with zero attached hydrogens (tertiary/aromatic N) is 1. The van der Waals surface area contributed by atoms with Crippen LogP contribution in [0.25, 0.3) is 0 Å². The number of hydrogen-bond donors (Lipinski definition) is 2. The number of anilines is 2. The highest BCUT2D eigenvalue weighted by atomic mass is 32.2. The minimum Gasteiger partial charge on any atom is -0.383 e. The molecule has 3 rings (SSSR count). The lowest BCUT2D eigenvalue weighted by Crippen LogP contribution is -2.27. The summed E-state index contributed by atoms with van der Waals surface area (Å²) in [4.78, 5) is 15.1. The number of sulfonamides is 1. The molecule has 1 saturated heterocycles. The van der Waals surface area contributed by atoms with E-state index in [0.29, 0.717) is 5.69 Å². The monoisotopic (exact) mass is 431 g/mol. The number of ether oxygens (including phenoxy) is 1. The molecule has 1 heterocycles. The van der Waals surface area contributed by atoms with Crippen LogP contribution in [0.5, 0.6) is 0 Å². The molecule has 30 heavy (non-hydrogen) atoms. The molecule has 1 aliphatic rings. The van der Waals surface area contributed by atoms with Gasteiger partial charge in [-0.3, -0.25) is 4.79 Å². The van der Waals surface area contributed by atoms with Gasteiger partial charge in [-0.15, -0.1) is 0 Å². The van der Waals surface area contributed by atoms with Gasteiger partial charge in [0.1, 0.15) is 0 Å². The van der Waals surface area contributed by atoms with E-state index in [9.17, 15) is 13.2 Å². The van der Waals surface area contributed by atoms with E-state index in [1.54, 1.807) is 12.1 Å². The second-order valence-electron chi connectivity index (χ2n) is 7.32. The summed E-state index contributed by atoms with van der Waals surface area (Å²) in [6.45, 7) is 2.56. The lowest BCUT2D eigenvalue weighted by Gasteiger charge is -2.22. The van der Waals surface area contributed by atoms with Crippen molar-refractivity contribution in [3.05, 3.63) is 54.1 Å². The van der Waals surface area contributed by atoms with Gasteiger partial charge >= 0.3 is 0 Å². The largest absolute Gasteiger partial charge is 0.383 e. The van der Waals surface area contributed by atoms with Crippen LogP contribution in [-0.4, -0.2) is 47.7 Å². The lowest BCUT2D eigenvalue weighted by atomic mass is 10.2. The fraction of sp³-hybridized carbons (Fsp3) is 0.409. The molecule has 1 amide bonds. The van der Waals surface area contributed by atoms with E-state index >= 15 is 0 Å². The quantitative estimate of drug-likeness (QED) is 0.627. The smallest absolute Gasteiger partial charge is 0.255 e. The molecule has 2 aromatic rings. The normalized spacial score (nSPS) is 14.9. The summed E-state index contributed by atoms with van der Waals surface area (Å²) in [6, 6.07) is 13.8. The summed E-state index contributed by atoms with van der Waals surface area (Å²) in [5.74, 6) is -0.355. The van der Waals surface area contributed by atoms with Crippen molar-refractivity contribution >= 4 is 27.3 Å². The number of carbonyl (C=O) groups is 1. The molecule has 1 fully saturated rings. The third-order valence-corrected chi connectivity index (χ3v) is 6.56. The van der Waals surface area contributed by atoms with Crippen LogP contribution < -0.4 is 14.9 Å². The number of rotatable bonds is 8. The van der Waals surface area contributed by atoms with Gasteiger partial charge in [-0.25, -0.2) is 13.1 Å². The Morgan fingerprint density at radius 3 is 2.40 bits per heavy atom. The lowest BCUT2D eigenvalue weighted by molar-refractivity contribution is 0.102. The summed E-state index contributed by atoms with van der Waals surface area (Å²) in [5, 5.41) is 2.84. The second kappa shape index (κ2) is 10.6. The van der Waals surface area contributed by atoms with Gasteiger partial charge in [-0.05, 0) is 55.3 Å². The van der Waals surface area contributed by atoms with Crippen LogP contribution in [-0.2, 0) is 14.8 Å². The standard InChI is InChI=1S/C22H29N3O4S/c1-29-16-13-23-30(27,28)21-8-6-7-18(17-21)22(26)24-19-9-11-20(12-10-19)25-14-4-2-3-5-15-25/h6-12,17,23H,2-5,13-16H2,1H3,(H,24,26). The number of carbonyl (C=O) groups excluding carboxylic acids is 1. The molecule has 2 aromatic carbocycles. The molecule has 8 heteroatoms. The zero-order chi connectivity index (χ0) is 21.4. The Labute approximate surface area is 178 Å². The van der Waals surface area contributed by atoms with Gasteiger partial charge in [0.2, 0.25) is 10.0 Å². The zero-order valence-electron chi connectivity index (χ0n) is 17.3. The fourth-order valence-electron chi connectivity index (χ4n) is 3.45. The third-order valence-electron chi connectivity index (χ3n) is 5.10. The molecule has 162 valence electrons. The maximum atomic E-state index is 12.6. The van der Waals surface area contributed by atoms with Crippen molar-refractivity contribution < 1.29 is 17.9 Å². The van der Waals surface area contributed by atoms with Crippen LogP contribution in [0, 0.1) is 0 Å². The predicted molar refractivity (Wildman–Crippen MR) is 119 cm³/mol. The van der Waals surface area contributed by atoms with Crippen LogP contribution in [0.1, 0.15) is 36.0 Å². The first-order chi connectivity index (χ1) is 14.5. The van der Waals surface area contributed by atoms with Gasteiger partial charge in [-0.1, -0.05) is 18.9 Å². The molecular weight excluding hydrogens is 402 g/mol. The van der Waals surface area contributed by atoms with E-state index in [1.807, 2.05) is 24.3 Å². The van der Waals surface area contributed by atoms with Crippen LogP contribution in [0.2, 0.25) is 0 Å². The maximum absolute atomic E-state index is 12.6. The molecule has 0 bridgehead atoms. The van der Waals surface area contributed by atoms with Gasteiger partial charge < -0.3 is 15.0 Å². The van der Waals surface area contributed by atoms with Crippen molar-refractivity contribution in [3.8, 4) is 0 Å². The Hall–Kier alpha value is -2.42. The first-order valence-electron chi connectivity index (χ1n) is 10.2. The number of hydrogen-bond acceptors (Lipinski definition) is 5. The third kappa shape index (κ3) is 6.04. The molecule has 1 aliphatic heterocycles. The fourth-order valence-corrected chi connectivity index (χ4v) is 4.51. The van der Waals surface area contributed by atoms with Crippen molar-refractivity contribution in [2.45, 2.75) is 30.6 Å². The number of nitrogens with one attached hydrogen (secondary N) is 2. The van der Waals surface area contributed by atoms with E-state index in [1.165, 1.54) is 44.9 Å². The average molecular weight is 432 g/mol. The molecule has 0 aromatic heterocycles. The molecule has 2 N–H and O–H groups in total. The Bertz CT molecular complexity index is 937. The molecule has 7 nitrogen and oxygen atoms in total. The summed E-state index contributed by atoms with van der Waals surface area (Å²) in [6.07, 6.45) is 4.97. The zero-order valence-corrected chi connectivity index (χ0v) is 18.1. The van der Waals surface area contributed by atoms with Crippen LogP contribution in [0.3, 0.4) is 0 Å². The van der Waals surface area contributed by atoms with Gasteiger partial charge in [0.25, 0.3) is 5.91 Å². The van der Waals surface area contributed by atoms with Crippen LogP contribution >= 0.6 is 0 Å². The van der Waals surface area contributed by atoms with E-state index in [-0.39, 0.29) is 29.5 Å². The van der Waals surface area contributed by atoms with Crippen molar-refractivity contribution in [2.24, 2.45) is 0 Å². The maximum Gasteiger partial charge on any atom is 0.255 e. The Morgan fingerprint density at radius 2 is 1.73 bits per heavy atom. The number of methoxy groups -OCH3 is 1. The van der Waals surface area contributed by atoms with Gasteiger partial charge in [0, 0.05) is 43.7 Å². The molecule has 0 aliphatic carbocycles. The highest BCUT2D eigenvalue weighted by Crippen LogP contribution is 2.22. The van der Waals surface area contributed by atoms with Crippen LogP contribution in [0.4, 0.5) is 11.4 Å². The predicted octanol–water partition coefficient (Wildman–Crippen LogP) is 3.24. The molecule has 0 atom stereocenters. The topological polar surface area (TPSA) is 87.7 Å². The Kier molecular flexibility index (Phi) is 7.84. The first-order valence-corrected chi connectivity index (χ1v) is 11.7. The van der Waals surface area contributed by atoms with Gasteiger partial charge in [0.05, 0.1) is 11.5 Å². The van der Waals surface area contributed by atoms with Gasteiger partial charge in [0.15, 0.2) is 0 Å². The second-order valence-corrected chi connectivity index (χ2v) is 9.09. The number of benzene rings is 2. The minimum absolute atomic E-state index is 0.0442. The van der Waals surface area contributed by atoms with Crippen molar-refractivity contribution in [1.82, 2.24) is 4.72 Å². The summed E-state index contributed by atoms with van der Waals surface area (Å²) >= 11 is 0. The summed E-state index contributed by atoms with van der Waals surface area (Å²) in [7, 11) is -2.20. The minimum atomic E-state index is -3.70. The molecule has 0 saturated carbocycles. The van der Waals surface area contributed by atoms with E-state index < -0.39 is 10.0 Å². The molecule has 0 unspecified atom stereocenters. The highest BCUT2D eigenvalue weighted by Gasteiger charge is 2.16. The average Bonchev–Trinajstić information content (AvgIpc) is 3.04. The first kappa shape index (κ1) is 22.3. The van der Waals surface area contributed by atoms with E-state index in [2.05, 4.69) is 14.9 Å². The van der Waals surface area contributed by atoms with E-state index in [4.69, 9.17) is 4.74 Å². The van der Waals surface area contributed by atoms with Gasteiger partial charge in [-0.2, -0.15) is 0 Å². The Morgan fingerprint density at radius 1 is 1.03 bits per heavy atom. The van der Waals surface area contributed by atoms with Crippen molar-refractivity contribution in [2.75, 3.05) is 43.6 Å². The molecular formula is C22H29N3O4S. The van der Waals surface area contributed by atoms with E-state index in [0.717, 1.165) is 18.8 Å². The SMILES string of the molecule is COCCNS(=O)(=O)c1cccc(C(=O)Nc2ccc(N3CCCCCC3)cc2)c1. The molecule has 0 radical (unpaired) electrons. The summed E-state index contributed by atoms with van der Waals surface area (Å²) < 4.78 is 32.0. The number of amides is 1. The van der Waals surface area contributed by atoms with Crippen molar-refractivity contribution in [1.29, 1.82) is 0 Å². The van der Waals surface area contributed by atoms with Crippen molar-refractivity contribution in [3.63, 3.8) is 0 Å². The molecule has 0 spiro atoms. The highest BCUT2D eigenvalue weighted by molar-refractivity contribution is 7.89.